The Morgan fingerprint density at radius 2 is 1.66 bits per heavy atom. The smallest absolute Gasteiger partial charge is 0.250 e. The Balaban J connectivity index is 1.68. The first-order valence-corrected chi connectivity index (χ1v) is 14.3. The van der Waals surface area contributed by atoms with Crippen LogP contribution in [-0.4, -0.2) is 21.6 Å². The third-order valence-electron chi connectivity index (χ3n) is 7.88. The summed E-state index contributed by atoms with van der Waals surface area (Å²) in [4.78, 5) is 0. The highest BCUT2D eigenvalue weighted by atomic mass is 28.4. The van der Waals surface area contributed by atoms with Crippen molar-refractivity contribution in [3.63, 3.8) is 0 Å². The van der Waals surface area contributed by atoms with Crippen molar-refractivity contribution < 1.29 is 13.6 Å². The molecule has 1 aromatic rings. The van der Waals surface area contributed by atoms with E-state index < -0.39 is 15.0 Å². The van der Waals surface area contributed by atoms with Crippen LogP contribution >= 0.6 is 0 Å². The zero-order valence-electron chi connectivity index (χ0n) is 18.8. The van der Waals surface area contributed by atoms with Gasteiger partial charge in [-0.05, 0) is 91.6 Å². The number of ether oxygens (including phenoxy) is 1. The number of alkyl halides is 1. The summed E-state index contributed by atoms with van der Waals surface area (Å²) in [5.74, 6) is 4.93. The molecule has 0 unspecified atom stereocenters. The lowest BCUT2D eigenvalue weighted by atomic mass is 9.54. The minimum atomic E-state index is -1.91. The van der Waals surface area contributed by atoms with Crippen LogP contribution in [-0.2, 0) is 4.74 Å². The molecule has 4 aliphatic carbocycles. The molecular weight excluding hydrogens is 379 g/mol. The second-order valence-electron chi connectivity index (χ2n) is 11.0. The Bertz CT molecular complexity index is 747. The molecule has 4 aliphatic rings. The first-order chi connectivity index (χ1) is 13.7. The van der Waals surface area contributed by atoms with E-state index in [1.807, 2.05) is 0 Å². The van der Waals surface area contributed by atoms with Crippen molar-refractivity contribution in [1.82, 2.24) is 0 Å². The quantitative estimate of drug-likeness (QED) is 0.360. The average molecular weight is 417 g/mol. The molecule has 0 saturated heterocycles. The van der Waals surface area contributed by atoms with Gasteiger partial charge < -0.3 is 9.16 Å². The molecule has 0 aliphatic heterocycles. The van der Waals surface area contributed by atoms with E-state index in [1.54, 1.807) is 0 Å². The van der Waals surface area contributed by atoms with Crippen molar-refractivity contribution in [2.24, 2.45) is 23.7 Å². The van der Waals surface area contributed by atoms with Gasteiger partial charge >= 0.3 is 0 Å². The summed E-state index contributed by atoms with van der Waals surface area (Å²) in [6.07, 6.45) is 6.61. The SMILES string of the molecule is CC(C)(C)[Si](C)(C)Oc1cccc(C(OCCF)=C2C3CC4CC(C3)CC2C4)c1. The highest BCUT2D eigenvalue weighted by molar-refractivity contribution is 6.74. The van der Waals surface area contributed by atoms with Gasteiger partial charge in [-0.3, -0.25) is 0 Å². The summed E-state index contributed by atoms with van der Waals surface area (Å²) in [6.45, 7) is 11.0. The van der Waals surface area contributed by atoms with Gasteiger partial charge in [0.25, 0.3) is 0 Å². The Hall–Kier alpha value is -1.29. The highest BCUT2D eigenvalue weighted by Gasteiger charge is 2.47. The fourth-order valence-corrected chi connectivity index (χ4v) is 6.71. The van der Waals surface area contributed by atoms with Crippen LogP contribution < -0.4 is 4.43 Å². The van der Waals surface area contributed by atoms with Crippen molar-refractivity contribution in [3.8, 4) is 5.75 Å². The molecule has 0 radical (unpaired) electrons. The summed E-state index contributed by atoms with van der Waals surface area (Å²) in [5.41, 5.74) is 2.55. The number of allylic oxidation sites excluding steroid dienone is 1. The molecular formula is C25H37FO2Si. The van der Waals surface area contributed by atoms with E-state index in [9.17, 15) is 4.39 Å². The maximum atomic E-state index is 13.1. The standard InChI is InChI=1S/C25H37FO2Si/c1-25(2,3)29(4,5)28-22-8-6-7-19(16-22)24(27-10-9-26)23-20-12-17-11-18(14-20)15-21(23)13-17/h6-8,16-18,20-21H,9-15H2,1-5H3. The molecule has 29 heavy (non-hydrogen) atoms. The normalized spacial score (nSPS) is 28.6. The van der Waals surface area contributed by atoms with Gasteiger partial charge in [0.1, 0.15) is 24.8 Å². The van der Waals surface area contributed by atoms with Gasteiger partial charge in [0, 0.05) is 5.56 Å². The van der Waals surface area contributed by atoms with E-state index in [-0.39, 0.29) is 11.6 Å². The Labute approximate surface area is 177 Å². The van der Waals surface area contributed by atoms with Crippen molar-refractivity contribution in [3.05, 3.63) is 35.4 Å². The lowest BCUT2D eigenvalue weighted by molar-refractivity contribution is 0.0662. The summed E-state index contributed by atoms with van der Waals surface area (Å²) >= 11 is 0. The molecule has 1 aromatic carbocycles. The summed E-state index contributed by atoms with van der Waals surface area (Å²) < 4.78 is 25.7. The number of benzene rings is 1. The number of hydrogen-bond donors (Lipinski definition) is 0. The lowest BCUT2D eigenvalue weighted by Crippen LogP contribution is -2.43. The zero-order chi connectivity index (χ0) is 20.8. The molecule has 2 nitrogen and oxygen atoms in total. The van der Waals surface area contributed by atoms with E-state index >= 15 is 0 Å². The fourth-order valence-electron chi connectivity index (χ4n) is 5.69. The van der Waals surface area contributed by atoms with Crippen LogP contribution in [0, 0.1) is 23.7 Å². The van der Waals surface area contributed by atoms with Crippen molar-refractivity contribution >= 4 is 14.1 Å². The van der Waals surface area contributed by atoms with Gasteiger partial charge in [-0.1, -0.05) is 32.9 Å². The van der Waals surface area contributed by atoms with Crippen LogP contribution in [0.25, 0.3) is 5.76 Å². The number of hydrogen-bond acceptors (Lipinski definition) is 2. The van der Waals surface area contributed by atoms with Crippen molar-refractivity contribution in [2.75, 3.05) is 13.3 Å². The molecule has 0 amide bonds. The molecule has 0 atom stereocenters. The van der Waals surface area contributed by atoms with Crippen LogP contribution in [0.4, 0.5) is 4.39 Å². The minimum absolute atomic E-state index is 0.137. The largest absolute Gasteiger partial charge is 0.543 e. The predicted octanol–water partition coefficient (Wildman–Crippen LogP) is 7.22. The summed E-state index contributed by atoms with van der Waals surface area (Å²) in [7, 11) is -1.91. The minimum Gasteiger partial charge on any atom is -0.543 e. The molecule has 4 saturated carbocycles. The molecule has 4 fully saturated rings. The topological polar surface area (TPSA) is 18.5 Å². The Morgan fingerprint density at radius 3 is 2.21 bits per heavy atom. The Kier molecular flexibility index (Phi) is 5.60. The van der Waals surface area contributed by atoms with E-state index in [2.05, 4.69) is 58.1 Å². The molecule has 0 N–H and O–H groups in total. The van der Waals surface area contributed by atoms with Gasteiger partial charge in [0.2, 0.25) is 8.32 Å². The van der Waals surface area contributed by atoms with Gasteiger partial charge in [0.05, 0.1) is 0 Å². The fraction of sp³-hybridized carbons (Fsp3) is 0.680. The van der Waals surface area contributed by atoms with Gasteiger partial charge in [-0.25, -0.2) is 4.39 Å². The van der Waals surface area contributed by atoms with E-state index in [0.717, 1.165) is 28.9 Å². The first kappa shape index (κ1) is 21.0. The monoisotopic (exact) mass is 416 g/mol. The lowest BCUT2D eigenvalue weighted by Gasteiger charge is -2.51. The maximum absolute atomic E-state index is 13.1. The predicted molar refractivity (Wildman–Crippen MR) is 120 cm³/mol. The van der Waals surface area contributed by atoms with E-state index in [1.165, 1.54) is 37.7 Å². The van der Waals surface area contributed by atoms with Gasteiger partial charge in [0.15, 0.2) is 0 Å². The third-order valence-corrected chi connectivity index (χ3v) is 12.2. The van der Waals surface area contributed by atoms with E-state index in [4.69, 9.17) is 9.16 Å². The van der Waals surface area contributed by atoms with Gasteiger partial charge in [-0.15, -0.1) is 0 Å². The van der Waals surface area contributed by atoms with Gasteiger partial charge in [-0.2, -0.15) is 0 Å². The molecule has 0 spiro atoms. The second kappa shape index (κ2) is 7.75. The molecule has 0 aromatic heterocycles. The first-order valence-electron chi connectivity index (χ1n) is 11.4. The van der Waals surface area contributed by atoms with Crippen LogP contribution in [0.2, 0.25) is 18.1 Å². The molecule has 5 rings (SSSR count). The van der Waals surface area contributed by atoms with Crippen LogP contribution in [0.1, 0.15) is 58.4 Å². The summed E-state index contributed by atoms with van der Waals surface area (Å²) in [6, 6.07) is 8.36. The van der Waals surface area contributed by atoms with E-state index in [0.29, 0.717) is 11.8 Å². The molecule has 4 heteroatoms. The molecule has 4 bridgehead atoms. The Morgan fingerprint density at radius 1 is 1.03 bits per heavy atom. The second-order valence-corrected chi connectivity index (χ2v) is 15.7. The molecule has 160 valence electrons. The number of rotatable bonds is 6. The zero-order valence-corrected chi connectivity index (χ0v) is 19.8. The average Bonchev–Trinajstić information content (AvgIpc) is 2.62. The van der Waals surface area contributed by atoms with Crippen LogP contribution in [0.5, 0.6) is 5.75 Å². The number of halogens is 1. The third kappa shape index (κ3) is 4.15. The van der Waals surface area contributed by atoms with Crippen LogP contribution in [0.15, 0.2) is 29.8 Å². The highest BCUT2D eigenvalue weighted by Crippen LogP contribution is 2.58. The molecule has 0 heterocycles. The van der Waals surface area contributed by atoms with Crippen molar-refractivity contribution in [1.29, 1.82) is 0 Å². The summed E-state index contributed by atoms with van der Waals surface area (Å²) in [5, 5.41) is 0.149. The van der Waals surface area contributed by atoms with Crippen LogP contribution in [0.3, 0.4) is 0 Å². The van der Waals surface area contributed by atoms with Crippen molar-refractivity contribution in [2.45, 2.75) is 71.0 Å². The maximum Gasteiger partial charge on any atom is 0.250 e.